The van der Waals surface area contributed by atoms with Gasteiger partial charge in [-0.3, -0.25) is 4.79 Å². The first-order valence-corrected chi connectivity index (χ1v) is 11.1. The summed E-state index contributed by atoms with van der Waals surface area (Å²) in [5.74, 6) is -0.530. The fraction of sp³-hybridized carbons (Fsp3) is 0.381. The number of benzene rings is 2. The Hall–Kier alpha value is -2.43. The van der Waals surface area contributed by atoms with Crippen molar-refractivity contribution in [2.24, 2.45) is 0 Å². The van der Waals surface area contributed by atoms with E-state index in [9.17, 15) is 26.4 Å². The molecule has 0 amide bonds. The second-order valence-corrected chi connectivity index (χ2v) is 9.37. The first-order valence-electron chi connectivity index (χ1n) is 9.67. The van der Waals surface area contributed by atoms with Crippen molar-refractivity contribution in [2.45, 2.75) is 37.1 Å². The Bertz CT molecular complexity index is 1050. The molecule has 2 aromatic carbocycles. The molecule has 0 bridgehead atoms. The Morgan fingerprint density at radius 2 is 1.74 bits per heavy atom. The van der Waals surface area contributed by atoms with Crippen LogP contribution in [0.3, 0.4) is 0 Å². The minimum absolute atomic E-state index is 0.0460. The van der Waals surface area contributed by atoms with Crippen molar-refractivity contribution in [3.8, 4) is 0 Å². The summed E-state index contributed by atoms with van der Waals surface area (Å²) in [5, 5.41) is 2.51. The summed E-state index contributed by atoms with van der Waals surface area (Å²) in [6.07, 6.45) is -5.09. The largest absolute Gasteiger partial charge is 0.418 e. The molecule has 1 aliphatic heterocycles. The zero-order valence-corrected chi connectivity index (χ0v) is 17.8. The van der Waals surface area contributed by atoms with Crippen LogP contribution in [0.25, 0.3) is 0 Å². The SMILES string of the molecule is CC1CN(S(=O)(=O)c2cccc(C(=O)CNc3ccccc3C(F)(F)F)c2)CC(C)O1. The zero-order chi connectivity index (χ0) is 22.8. The average molecular weight is 456 g/mol. The molecule has 2 aromatic rings. The lowest BCUT2D eigenvalue weighted by molar-refractivity contribution is -0.137. The maximum Gasteiger partial charge on any atom is 0.418 e. The number of rotatable bonds is 6. The van der Waals surface area contributed by atoms with Crippen LogP contribution in [0.2, 0.25) is 0 Å². The summed E-state index contributed by atoms with van der Waals surface area (Å²) in [7, 11) is -3.85. The highest BCUT2D eigenvalue weighted by atomic mass is 32.2. The molecule has 0 spiro atoms. The van der Waals surface area contributed by atoms with E-state index in [0.717, 1.165) is 6.07 Å². The fourth-order valence-electron chi connectivity index (χ4n) is 3.47. The molecular weight excluding hydrogens is 433 g/mol. The second kappa shape index (κ2) is 8.97. The number of nitrogens with zero attached hydrogens (tertiary/aromatic N) is 1. The van der Waals surface area contributed by atoms with E-state index in [1.807, 2.05) is 0 Å². The molecule has 1 heterocycles. The van der Waals surface area contributed by atoms with Gasteiger partial charge in [0, 0.05) is 24.3 Å². The van der Waals surface area contributed by atoms with E-state index in [4.69, 9.17) is 4.74 Å². The van der Waals surface area contributed by atoms with Crippen molar-refractivity contribution in [2.75, 3.05) is 25.0 Å². The van der Waals surface area contributed by atoms with E-state index < -0.39 is 34.1 Å². The molecule has 1 aliphatic rings. The van der Waals surface area contributed by atoms with Crippen LogP contribution in [-0.4, -0.2) is 50.3 Å². The smallest absolute Gasteiger partial charge is 0.377 e. The van der Waals surface area contributed by atoms with E-state index in [-0.39, 0.29) is 41.4 Å². The van der Waals surface area contributed by atoms with Gasteiger partial charge in [0.1, 0.15) is 0 Å². The lowest BCUT2D eigenvalue weighted by Gasteiger charge is -2.34. The molecule has 10 heteroatoms. The number of sulfonamides is 1. The number of anilines is 1. The number of Topliss-reactive ketones (excluding diaryl/α,β-unsaturated/α-hetero) is 1. The van der Waals surface area contributed by atoms with Gasteiger partial charge in [-0.05, 0) is 38.1 Å². The number of morpholine rings is 1. The van der Waals surface area contributed by atoms with Crippen molar-refractivity contribution in [3.05, 3.63) is 59.7 Å². The van der Waals surface area contributed by atoms with Gasteiger partial charge in [-0.2, -0.15) is 17.5 Å². The van der Waals surface area contributed by atoms with Gasteiger partial charge in [-0.25, -0.2) is 8.42 Å². The normalized spacial score (nSPS) is 20.4. The third-order valence-corrected chi connectivity index (χ3v) is 6.68. The number of hydrogen-bond acceptors (Lipinski definition) is 5. The van der Waals surface area contributed by atoms with Crippen LogP contribution >= 0.6 is 0 Å². The predicted molar refractivity (Wildman–Crippen MR) is 109 cm³/mol. The molecule has 2 atom stereocenters. The van der Waals surface area contributed by atoms with Crippen LogP contribution in [-0.2, 0) is 20.9 Å². The zero-order valence-electron chi connectivity index (χ0n) is 17.0. The van der Waals surface area contributed by atoms with E-state index in [0.29, 0.717) is 0 Å². The van der Waals surface area contributed by atoms with E-state index >= 15 is 0 Å². The highest BCUT2D eigenvalue weighted by Gasteiger charge is 2.34. The monoisotopic (exact) mass is 456 g/mol. The first kappa shape index (κ1) is 23.2. The number of carbonyl (C=O) groups is 1. The molecule has 1 fully saturated rings. The van der Waals surface area contributed by atoms with Gasteiger partial charge in [0.25, 0.3) is 0 Å². The molecule has 0 aliphatic carbocycles. The first-order chi connectivity index (χ1) is 14.5. The van der Waals surface area contributed by atoms with E-state index in [1.165, 1.54) is 46.8 Å². The Balaban J connectivity index is 1.77. The van der Waals surface area contributed by atoms with E-state index in [1.54, 1.807) is 13.8 Å². The minimum atomic E-state index is -4.56. The van der Waals surface area contributed by atoms with Gasteiger partial charge in [0.2, 0.25) is 10.0 Å². The number of halogens is 3. The average Bonchev–Trinajstić information content (AvgIpc) is 2.71. The summed E-state index contributed by atoms with van der Waals surface area (Å²) in [5.41, 5.74) is -1.01. The van der Waals surface area contributed by atoms with Crippen molar-refractivity contribution in [1.29, 1.82) is 0 Å². The molecule has 31 heavy (non-hydrogen) atoms. The maximum atomic E-state index is 13.1. The molecule has 1 N–H and O–H groups in total. The number of hydrogen-bond donors (Lipinski definition) is 1. The van der Waals surface area contributed by atoms with Crippen molar-refractivity contribution >= 4 is 21.5 Å². The fourth-order valence-corrected chi connectivity index (χ4v) is 5.10. The lowest BCUT2D eigenvalue weighted by Crippen LogP contribution is -2.48. The molecule has 0 saturated carbocycles. The van der Waals surface area contributed by atoms with Crippen LogP contribution < -0.4 is 5.32 Å². The topological polar surface area (TPSA) is 75.7 Å². The quantitative estimate of drug-likeness (QED) is 0.670. The number of carbonyl (C=O) groups excluding carboxylic acids is 1. The van der Waals surface area contributed by atoms with Crippen molar-refractivity contribution in [3.63, 3.8) is 0 Å². The van der Waals surface area contributed by atoms with Crippen LogP contribution in [0, 0.1) is 0 Å². The standard InChI is InChI=1S/C21H23F3N2O4S/c1-14-12-26(13-15(2)30-14)31(28,29)17-7-5-6-16(10-17)20(27)11-25-19-9-4-3-8-18(19)21(22,23)24/h3-10,14-15,25H,11-13H2,1-2H3. The van der Waals surface area contributed by atoms with Crippen LogP contribution in [0.15, 0.2) is 53.4 Å². The number of alkyl halides is 3. The number of para-hydroxylation sites is 1. The Labute approximate surface area is 179 Å². The van der Waals surface area contributed by atoms with E-state index in [2.05, 4.69) is 5.32 Å². The summed E-state index contributed by atoms with van der Waals surface area (Å²) in [6.45, 7) is 3.54. The minimum Gasteiger partial charge on any atom is -0.377 e. The molecular formula is C21H23F3N2O4S. The highest BCUT2D eigenvalue weighted by Crippen LogP contribution is 2.34. The van der Waals surface area contributed by atoms with Crippen LogP contribution in [0.1, 0.15) is 29.8 Å². The van der Waals surface area contributed by atoms with Gasteiger partial charge in [0.05, 0.1) is 29.2 Å². The molecule has 3 rings (SSSR count). The Morgan fingerprint density at radius 1 is 1.10 bits per heavy atom. The summed E-state index contributed by atoms with van der Waals surface area (Å²) >= 11 is 0. The molecule has 1 saturated heterocycles. The van der Waals surface area contributed by atoms with Crippen molar-refractivity contribution in [1.82, 2.24) is 4.31 Å². The van der Waals surface area contributed by atoms with Crippen molar-refractivity contribution < 1.29 is 31.1 Å². The van der Waals surface area contributed by atoms with Gasteiger partial charge >= 0.3 is 6.18 Å². The summed E-state index contributed by atoms with van der Waals surface area (Å²) in [4.78, 5) is 12.5. The third-order valence-electron chi connectivity index (χ3n) is 4.85. The maximum absolute atomic E-state index is 13.1. The number of ether oxygens (including phenoxy) is 1. The third kappa shape index (κ3) is 5.44. The van der Waals surface area contributed by atoms with Crippen LogP contribution in [0.4, 0.5) is 18.9 Å². The summed E-state index contributed by atoms with van der Waals surface area (Å²) < 4.78 is 72.2. The van der Waals surface area contributed by atoms with Gasteiger partial charge < -0.3 is 10.1 Å². The Kier molecular flexibility index (Phi) is 6.73. The molecule has 2 unspecified atom stereocenters. The molecule has 168 valence electrons. The number of nitrogens with one attached hydrogen (secondary N) is 1. The molecule has 0 radical (unpaired) electrons. The Morgan fingerprint density at radius 3 is 2.39 bits per heavy atom. The van der Waals surface area contributed by atoms with Crippen LogP contribution in [0.5, 0.6) is 0 Å². The molecule has 0 aromatic heterocycles. The van der Waals surface area contributed by atoms with Gasteiger partial charge in [-0.1, -0.05) is 24.3 Å². The summed E-state index contributed by atoms with van der Waals surface area (Å²) in [6, 6.07) is 10.4. The second-order valence-electron chi connectivity index (χ2n) is 7.43. The lowest BCUT2D eigenvalue weighted by atomic mass is 10.1. The van der Waals surface area contributed by atoms with Gasteiger partial charge in [-0.15, -0.1) is 0 Å². The predicted octanol–water partition coefficient (Wildman–Crippen LogP) is 3.80. The van der Waals surface area contributed by atoms with Gasteiger partial charge in [0.15, 0.2) is 5.78 Å². The highest BCUT2D eigenvalue weighted by molar-refractivity contribution is 7.89. The molecule has 6 nitrogen and oxygen atoms in total. The number of ketones is 1.